The summed E-state index contributed by atoms with van der Waals surface area (Å²) >= 11 is 0.317. The third kappa shape index (κ3) is 6.88. The van der Waals surface area contributed by atoms with Gasteiger partial charge in [-0.2, -0.15) is 26.3 Å². The van der Waals surface area contributed by atoms with Crippen LogP contribution in [0.5, 0.6) is 0 Å². The van der Waals surface area contributed by atoms with Crippen molar-refractivity contribution in [3.8, 4) is 10.4 Å². The molecule has 0 aromatic carbocycles. The molecule has 2 aromatic heterocycles. The normalized spacial score (nSPS) is 16.8. The zero-order valence-corrected chi connectivity index (χ0v) is 23.0. The highest BCUT2D eigenvalue weighted by Crippen LogP contribution is 2.43. The Morgan fingerprint density at radius 3 is 2.24 bits per heavy atom. The number of halogens is 8. The minimum Gasteiger partial charge on any atom is -0.372 e. The standard InChI is InChI=1S/C24H27F8N5O3S/c1-11-6-5-7-37(11)20(39)15-16(13-9-33-14(36-21(2,3)4)8-12(13)17(25)26)41-19(35-15)18(38)34-10-22(40,23(27,28)29)24(30,31)32/h8-9,11,17,40H,5-7,10H2,1-4H3,(H,33,36)(H,34,38)/t11-/m0/s1. The molecule has 0 saturated carbocycles. The van der Waals surface area contributed by atoms with Crippen LogP contribution in [-0.4, -0.2) is 74.4 Å². The van der Waals surface area contributed by atoms with Crippen LogP contribution >= 0.6 is 11.3 Å². The van der Waals surface area contributed by atoms with Gasteiger partial charge in [0.15, 0.2) is 5.01 Å². The van der Waals surface area contributed by atoms with Gasteiger partial charge in [0, 0.05) is 35.4 Å². The summed E-state index contributed by atoms with van der Waals surface area (Å²) < 4.78 is 107. The minimum atomic E-state index is -6.19. The fraction of sp³-hybridized carbons (Fsp3) is 0.583. The second kappa shape index (κ2) is 11.3. The number of hydrogen-bond donors (Lipinski definition) is 3. The first-order valence-corrected chi connectivity index (χ1v) is 13.0. The Morgan fingerprint density at radius 2 is 1.76 bits per heavy atom. The lowest BCUT2D eigenvalue weighted by Gasteiger charge is -2.32. The van der Waals surface area contributed by atoms with Crippen molar-refractivity contribution < 1.29 is 49.8 Å². The second-order valence-electron chi connectivity index (χ2n) is 10.6. The molecule has 1 saturated heterocycles. The number of carbonyl (C=O) groups excluding carboxylic acids is 2. The van der Waals surface area contributed by atoms with E-state index < -0.39 is 64.5 Å². The van der Waals surface area contributed by atoms with E-state index in [1.807, 2.05) is 0 Å². The fourth-order valence-electron chi connectivity index (χ4n) is 4.05. The van der Waals surface area contributed by atoms with Gasteiger partial charge in [-0.05, 0) is 46.6 Å². The van der Waals surface area contributed by atoms with Crippen molar-refractivity contribution in [2.45, 2.75) is 76.5 Å². The SMILES string of the molecule is C[C@H]1CCCN1C(=O)c1nc(C(=O)NCC(O)(C(F)(F)F)C(F)(F)F)sc1-c1cnc(NC(C)(C)C)cc1C(F)F. The molecule has 3 N–H and O–H groups in total. The van der Waals surface area contributed by atoms with E-state index in [2.05, 4.69) is 15.3 Å². The highest BCUT2D eigenvalue weighted by atomic mass is 32.1. The second-order valence-corrected chi connectivity index (χ2v) is 11.6. The van der Waals surface area contributed by atoms with Gasteiger partial charge in [0.2, 0.25) is 0 Å². The number of hydrogen-bond acceptors (Lipinski definition) is 7. The molecule has 2 aromatic rings. The van der Waals surface area contributed by atoms with Crippen molar-refractivity contribution in [2.75, 3.05) is 18.4 Å². The van der Waals surface area contributed by atoms with Crippen LogP contribution in [0, 0.1) is 0 Å². The van der Waals surface area contributed by atoms with Crippen molar-refractivity contribution in [1.29, 1.82) is 0 Å². The number of rotatable bonds is 7. The Balaban J connectivity index is 2.08. The van der Waals surface area contributed by atoms with Gasteiger partial charge >= 0.3 is 12.4 Å². The molecular formula is C24H27F8N5O3S. The third-order valence-electron chi connectivity index (χ3n) is 6.20. The largest absolute Gasteiger partial charge is 0.428 e. The molecule has 0 aliphatic carbocycles. The van der Waals surface area contributed by atoms with E-state index in [0.717, 1.165) is 12.3 Å². The van der Waals surface area contributed by atoms with Crippen LogP contribution in [0.2, 0.25) is 0 Å². The number of carbonyl (C=O) groups is 2. The molecule has 8 nitrogen and oxygen atoms in total. The van der Waals surface area contributed by atoms with Gasteiger partial charge in [-0.15, -0.1) is 11.3 Å². The van der Waals surface area contributed by atoms with E-state index >= 15 is 0 Å². The third-order valence-corrected chi connectivity index (χ3v) is 7.29. The van der Waals surface area contributed by atoms with Crippen molar-refractivity contribution in [3.63, 3.8) is 0 Å². The first kappa shape index (κ1) is 32.4. The number of aliphatic hydroxyl groups is 1. The predicted octanol–water partition coefficient (Wildman–Crippen LogP) is 5.56. The molecule has 2 amide bonds. The van der Waals surface area contributed by atoms with Gasteiger partial charge in [0.25, 0.3) is 23.8 Å². The molecule has 1 aliphatic rings. The lowest BCUT2D eigenvalue weighted by molar-refractivity contribution is -0.364. The van der Waals surface area contributed by atoms with E-state index in [-0.39, 0.29) is 28.8 Å². The predicted molar refractivity (Wildman–Crippen MR) is 133 cm³/mol. The lowest BCUT2D eigenvalue weighted by atomic mass is 10.0. The van der Waals surface area contributed by atoms with Crippen LogP contribution in [0.3, 0.4) is 0 Å². The average molecular weight is 618 g/mol. The smallest absolute Gasteiger partial charge is 0.372 e. The van der Waals surface area contributed by atoms with Crippen molar-refractivity contribution in [3.05, 3.63) is 28.5 Å². The van der Waals surface area contributed by atoms with E-state index in [0.29, 0.717) is 24.2 Å². The van der Waals surface area contributed by atoms with Crippen LogP contribution in [0.25, 0.3) is 10.4 Å². The summed E-state index contributed by atoms with van der Waals surface area (Å²) in [4.78, 5) is 35.1. The molecule has 0 unspecified atom stereocenters. The van der Waals surface area contributed by atoms with E-state index in [4.69, 9.17) is 0 Å². The molecule has 0 spiro atoms. The van der Waals surface area contributed by atoms with Gasteiger partial charge in [-0.1, -0.05) is 0 Å². The van der Waals surface area contributed by atoms with Crippen LogP contribution < -0.4 is 10.6 Å². The number of nitrogens with zero attached hydrogens (tertiary/aromatic N) is 3. The van der Waals surface area contributed by atoms with E-state index in [9.17, 15) is 49.8 Å². The van der Waals surface area contributed by atoms with Crippen LogP contribution in [0.4, 0.5) is 40.9 Å². The van der Waals surface area contributed by atoms with Gasteiger partial charge in [-0.3, -0.25) is 9.59 Å². The highest BCUT2D eigenvalue weighted by Gasteiger charge is 2.70. The Bertz CT molecular complexity index is 1280. The van der Waals surface area contributed by atoms with Crippen molar-refractivity contribution in [1.82, 2.24) is 20.2 Å². The fourth-order valence-corrected chi connectivity index (χ4v) is 5.06. The summed E-state index contributed by atoms with van der Waals surface area (Å²) in [5.74, 6) is -2.28. The summed E-state index contributed by atoms with van der Waals surface area (Å²) in [7, 11) is 0. The molecule has 1 aliphatic heterocycles. The number of alkyl halides is 8. The molecule has 0 radical (unpaired) electrons. The molecular weight excluding hydrogens is 590 g/mol. The Labute approximate surface area is 233 Å². The maximum absolute atomic E-state index is 14.2. The number of pyridine rings is 1. The van der Waals surface area contributed by atoms with E-state index in [1.165, 1.54) is 10.2 Å². The molecule has 1 fully saturated rings. The molecule has 0 bridgehead atoms. The lowest BCUT2D eigenvalue weighted by Crippen LogP contribution is -2.62. The Hall–Kier alpha value is -3.08. The van der Waals surface area contributed by atoms with Crippen LogP contribution in [-0.2, 0) is 0 Å². The minimum absolute atomic E-state index is 0.0682. The molecule has 17 heteroatoms. The molecule has 41 heavy (non-hydrogen) atoms. The summed E-state index contributed by atoms with van der Waals surface area (Å²) in [6.45, 7) is 4.95. The molecule has 3 heterocycles. The zero-order valence-electron chi connectivity index (χ0n) is 22.2. The van der Waals surface area contributed by atoms with Crippen LogP contribution in [0.15, 0.2) is 12.3 Å². The van der Waals surface area contributed by atoms with Gasteiger partial charge < -0.3 is 20.6 Å². The molecule has 228 valence electrons. The summed E-state index contributed by atoms with van der Waals surface area (Å²) in [5.41, 5.74) is -7.23. The summed E-state index contributed by atoms with van der Waals surface area (Å²) in [6.07, 6.45) is -13.2. The Morgan fingerprint density at radius 1 is 1.15 bits per heavy atom. The average Bonchev–Trinajstić information content (AvgIpc) is 3.46. The number of nitrogens with one attached hydrogen (secondary N) is 2. The van der Waals surface area contributed by atoms with Gasteiger partial charge in [0.05, 0.1) is 11.4 Å². The van der Waals surface area contributed by atoms with Gasteiger partial charge in [0.1, 0.15) is 11.5 Å². The van der Waals surface area contributed by atoms with E-state index in [1.54, 1.807) is 27.7 Å². The first-order valence-electron chi connectivity index (χ1n) is 12.2. The number of amides is 2. The zero-order chi connectivity index (χ0) is 31.1. The number of likely N-dealkylation sites (tertiary alicyclic amines) is 1. The monoisotopic (exact) mass is 617 g/mol. The summed E-state index contributed by atoms with van der Waals surface area (Å²) in [5, 5.41) is 12.8. The topological polar surface area (TPSA) is 107 Å². The first-order chi connectivity index (χ1) is 18.7. The van der Waals surface area contributed by atoms with Crippen LogP contribution in [0.1, 0.15) is 72.8 Å². The maximum Gasteiger partial charge on any atom is 0.428 e. The number of thiazole rings is 1. The number of anilines is 1. The molecule has 1 atom stereocenters. The highest BCUT2D eigenvalue weighted by molar-refractivity contribution is 7.17. The molecule has 3 rings (SSSR count). The van der Waals surface area contributed by atoms with Crippen molar-refractivity contribution in [2.24, 2.45) is 0 Å². The maximum atomic E-state index is 14.2. The quantitative estimate of drug-likeness (QED) is 0.351. The van der Waals surface area contributed by atoms with Crippen molar-refractivity contribution >= 4 is 29.0 Å². The van der Waals surface area contributed by atoms with Gasteiger partial charge in [-0.25, -0.2) is 18.7 Å². The Kier molecular flexibility index (Phi) is 8.94. The summed E-state index contributed by atoms with van der Waals surface area (Å²) in [6, 6.07) is 0.749. The number of aromatic nitrogens is 2.